The number of carbonyl (C=O) groups excluding carboxylic acids is 1. The average Bonchev–Trinajstić information content (AvgIpc) is 3.43. The van der Waals surface area contributed by atoms with Crippen LogP contribution in [0.25, 0.3) is 22.5 Å². The molecule has 2 aromatic heterocycles. The molecule has 0 saturated carbocycles. The topological polar surface area (TPSA) is 60.2 Å². The minimum Gasteiger partial charge on any atom is -0.444 e. The lowest BCUT2D eigenvalue weighted by atomic mass is 9.92. The second kappa shape index (κ2) is 8.88. The summed E-state index contributed by atoms with van der Waals surface area (Å²) in [5.41, 5.74) is 2.51. The zero-order chi connectivity index (χ0) is 23.8. The van der Waals surface area contributed by atoms with Gasteiger partial charge in [-0.1, -0.05) is 0 Å². The van der Waals surface area contributed by atoms with Crippen molar-refractivity contribution < 1.29 is 22.7 Å². The first-order chi connectivity index (χ1) is 15.6. The highest BCUT2D eigenvalue weighted by molar-refractivity contribution is 5.72. The van der Waals surface area contributed by atoms with Crippen molar-refractivity contribution in [1.82, 2.24) is 19.7 Å². The Morgan fingerprint density at radius 3 is 2.52 bits per heavy atom. The third kappa shape index (κ3) is 5.18. The maximum absolute atomic E-state index is 13.4. The number of aromatic nitrogens is 3. The molecule has 1 unspecified atom stereocenters. The Kier molecular flexibility index (Phi) is 6.14. The summed E-state index contributed by atoms with van der Waals surface area (Å²) in [5, 5.41) is 4.04. The molecule has 4 rings (SSSR count). The Balaban J connectivity index is 1.68. The number of alkyl halides is 2. The minimum atomic E-state index is -2.75. The van der Waals surface area contributed by atoms with E-state index in [4.69, 9.17) is 4.74 Å². The molecule has 33 heavy (non-hydrogen) atoms. The number of benzene rings is 1. The van der Waals surface area contributed by atoms with Gasteiger partial charge in [-0.05, 0) is 69.2 Å². The standard InChI is InChI=1S/C24H25F3N4O2/c1-24(2,3)33-23(32)30-10-8-16(14-30)19-13-28-21(15-4-6-17(25)7-5-15)12-18(19)20-9-11-31(29-20)22(26)27/h4-7,9,11-13,16,22H,8,10,14H2,1-3H3. The van der Waals surface area contributed by atoms with E-state index in [1.165, 1.54) is 24.4 Å². The first-order valence-corrected chi connectivity index (χ1v) is 10.7. The smallest absolute Gasteiger partial charge is 0.410 e. The molecule has 3 aromatic rings. The predicted molar refractivity (Wildman–Crippen MR) is 117 cm³/mol. The maximum atomic E-state index is 13.4. The van der Waals surface area contributed by atoms with Crippen molar-refractivity contribution in [3.05, 3.63) is 60.2 Å². The Bertz CT molecular complexity index is 1140. The van der Waals surface area contributed by atoms with Crippen LogP contribution in [0.5, 0.6) is 0 Å². The molecule has 3 heterocycles. The van der Waals surface area contributed by atoms with Crippen molar-refractivity contribution in [2.24, 2.45) is 0 Å². The van der Waals surface area contributed by atoms with Gasteiger partial charge >= 0.3 is 12.6 Å². The molecular weight excluding hydrogens is 433 g/mol. The number of halogens is 3. The SMILES string of the molecule is CC(C)(C)OC(=O)N1CCC(c2cnc(-c3ccc(F)cc3)cc2-c2ccn(C(F)F)n2)C1. The normalized spacial score (nSPS) is 16.5. The number of hydrogen-bond donors (Lipinski definition) is 0. The molecule has 0 bridgehead atoms. The highest BCUT2D eigenvalue weighted by atomic mass is 19.3. The van der Waals surface area contributed by atoms with E-state index in [0.29, 0.717) is 46.7 Å². The Labute approximate surface area is 190 Å². The largest absolute Gasteiger partial charge is 0.444 e. The van der Waals surface area contributed by atoms with Crippen molar-refractivity contribution in [3.63, 3.8) is 0 Å². The molecule has 0 N–H and O–H groups in total. The Hall–Kier alpha value is -3.36. The van der Waals surface area contributed by atoms with Crippen LogP contribution in [0.15, 0.2) is 48.8 Å². The fourth-order valence-electron chi connectivity index (χ4n) is 3.89. The summed E-state index contributed by atoms with van der Waals surface area (Å²) in [6.45, 7) is 3.63. The highest BCUT2D eigenvalue weighted by Gasteiger charge is 2.32. The highest BCUT2D eigenvalue weighted by Crippen LogP contribution is 2.36. The molecule has 1 aromatic carbocycles. The van der Waals surface area contributed by atoms with Gasteiger partial charge in [-0.15, -0.1) is 0 Å². The van der Waals surface area contributed by atoms with Gasteiger partial charge in [0, 0.05) is 42.5 Å². The minimum absolute atomic E-state index is 0.0565. The van der Waals surface area contributed by atoms with Crippen molar-refractivity contribution in [3.8, 4) is 22.5 Å². The number of rotatable bonds is 4. The number of nitrogens with zero attached hydrogens (tertiary/aromatic N) is 4. The zero-order valence-electron chi connectivity index (χ0n) is 18.6. The molecule has 1 saturated heterocycles. The summed E-state index contributed by atoms with van der Waals surface area (Å²) >= 11 is 0. The van der Waals surface area contributed by atoms with E-state index >= 15 is 0 Å². The molecular formula is C24H25F3N4O2. The number of carbonyl (C=O) groups is 1. The van der Waals surface area contributed by atoms with Gasteiger partial charge in [0.1, 0.15) is 11.4 Å². The zero-order valence-corrected chi connectivity index (χ0v) is 18.6. The van der Waals surface area contributed by atoms with Gasteiger partial charge in [-0.3, -0.25) is 4.98 Å². The van der Waals surface area contributed by atoms with Crippen LogP contribution in [-0.4, -0.2) is 44.4 Å². The monoisotopic (exact) mass is 458 g/mol. The van der Waals surface area contributed by atoms with Crippen molar-refractivity contribution in [2.75, 3.05) is 13.1 Å². The van der Waals surface area contributed by atoms with Crippen LogP contribution in [0.3, 0.4) is 0 Å². The molecule has 1 aliphatic rings. The molecule has 1 aliphatic heterocycles. The lowest BCUT2D eigenvalue weighted by molar-refractivity contribution is 0.0292. The van der Waals surface area contributed by atoms with Crippen LogP contribution in [0.4, 0.5) is 18.0 Å². The van der Waals surface area contributed by atoms with E-state index < -0.39 is 12.2 Å². The maximum Gasteiger partial charge on any atom is 0.410 e. The van der Waals surface area contributed by atoms with E-state index in [2.05, 4.69) is 10.1 Å². The van der Waals surface area contributed by atoms with Crippen LogP contribution >= 0.6 is 0 Å². The second-order valence-electron chi connectivity index (χ2n) is 9.03. The molecule has 0 radical (unpaired) electrons. The first-order valence-electron chi connectivity index (χ1n) is 10.7. The van der Waals surface area contributed by atoms with Crippen LogP contribution < -0.4 is 0 Å². The predicted octanol–water partition coefficient (Wildman–Crippen LogP) is 5.87. The van der Waals surface area contributed by atoms with Gasteiger partial charge in [-0.25, -0.2) is 13.9 Å². The van der Waals surface area contributed by atoms with Crippen molar-refractivity contribution >= 4 is 6.09 Å². The number of hydrogen-bond acceptors (Lipinski definition) is 4. The second-order valence-corrected chi connectivity index (χ2v) is 9.03. The quantitative estimate of drug-likeness (QED) is 0.491. The summed E-state index contributed by atoms with van der Waals surface area (Å²) in [6.07, 6.45) is 3.21. The Morgan fingerprint density at radius 2 is 1.88 bits per heavy atom. The van der Waals surface area contributed by atoms with Gasteiger partial charge in [0.05, 0.1) is 11.4 Å². The van der Waals surface area contributed by atoms with Crippen molar-refractivity contribution in [2.45, 2.75) is 45.3 Å². The van der Waals surface area contributed by atoms with Crippen molar-refractivity contribution in [1.29, 1.82) is 0 Å². The van der Waals surface area contributed by atoms with Crippen LogP contribution in [-0.2, 0) is 4.74 Å². The Morgan fingerprint density at radius 1 is 1.15 bits per heavy atom. The number of pyridine rings is 1. The lowest BCUT2D eigenvalue weighted by Crippen LogP contribution is -2.35. The average molecular weight is 458 g/mol. The third-order valence-electron chi connectivity index (χ3n) is 5.44. The molecule has 0 spiro atoms. The van der Waals surface area contributed by atoms with E-state index in [1.54, 1.807) is 29.3 Å². The fourth-order valence-corrected chi connectivity index (χ4v) is 3.89. The molecule has 1 atom stereocenters. The van der Waals surface area contributed by atoms with Gasteiger partial charge < -0.3 is 9.64 Å². The van der Waals surface area contributed by atoms with Gasteiger partial charge in [-0.2, -0.15) is 13.9 Å². The van der Waals surface area contributed by atoms with Gasteiger partial charge in [0.25, 0.3) is 0 Å². The third-order valence-corrected chi connectivity index (χ3v) is 5.44. The molecule has 6 nitrogen and oxygen atoms in total. The first kappa shape index (κ1) is 22.8. The molecule has 1 amide bonds. The molecule has 174 valence electrons. The number of amides is 1. The number of likely N-dealkylation sites (tertiary alicyclic amines) is 1. The summed E-state index contributed by atoms with van der Waals surface area (Å²) in [4.78, 5) is 18.7. The van der Waals surface area contributed by atoms with E-state index in [9.17, 15) is 18.0 Å². The van der Waals surface area contributed by atoms with E-state index in [1.807, 2.05) is 20.8 Å². The lowest BCUT2D eigenvalue weighted by Gasteiger charge is -2.24. The van der Waals surface area contributed by atoms with Crippen LogP contribution in [0, 0.1) is 5.82 Å². The van der Waals surface area contributed by atoms with E-state index in [-0.39, 0.29) is 17.8 Å². The summed E-state index contributed by atoms with van der Waals surface area (Å²) < 4.78 is 45.7. The van der Waals surface area contributed by atoms with E-state index in [0.717, 1.165) is 5.56 Å². The van der Waals surface area contributed by atoms with Crippen LogP contribution in [0.1, 0.15) is 45.2 Å². The van der Waals surface area contributed by atoms with Gasteiger partial charge in [0.15, 0.2) is 0 Å². The van der Waals surface area contributed by atoms with Crippen LogP contribution in [0.2, 0.25) is 0 Å². The molecule has 1 fully saturated rings. The summed E-state index contributed by atoms with van der Waals surface area (Å²) in [5.74, 6) is -0.418. The van der Waals surface area contributed by atoms with Gasteiger partial charge in [0.2, 0.25) is 0 Å². The molecule has 0 aliphatic carbocycles. The fraction of sp³-hybridized carbons (Fsp3) is 0.375. The number of ether oxygens (including phenoxy) is 1. The summed E-state index contributed by atoms with van der Waals surface area (Å²) in [6, 6.07) is 9.20. The molecule has 9 heteroatoms. The summed E-state index contributed by atoms with van der Waals surface area (Å²) in [7, 11) is 0.